The molecule has 0 radical (unpaired) electrons. The van der Waals surface area contributed by atoms with Crippen LogP contribution in [0.15, 0.2) is 65.1 Å². The molecule has 7 unspecified atom stereocenters. The average Bonchev–Trinajstić information content (AvgIpc) is 3.29. The molecular weight excluding hydrogens is 884 g/mol. The van der Waals surface area contributed by atoms with Crippen molar-refractivity contribution in [2.75, 3.05) is 20.3 Å². The van der Waals surface area contributed by atoms with Crippen molar-refractivity contribution >= 4 is 23.0 Å². The lowest BCUT2D eigenvalue weighted by atomic mass is 9.98. The van der Waals surface area contributed by atoms with E-state index in [0.29, 0.717) is 5.56 Å². The highest BCUT2D eigenvalue weighted by molar-refractivity contribution is 5.89. The molecule has 13 N–H and O–H groups in total. The molecule has 0 amide bonds. The normalized spacial score (nSPS) is 32.6. The number of phenols is 4. The Morgan fingerprint density at radius 1 is 0.682 bits per heavy atom. The number of benzene rings is 3. The maximum absolute atomic E-state index is 12.6. The van der Waals surface area contributed by atoms with E-state index < -0.39 is 129 Å². The number of fused-ring (bicyclic) bond motifs is 1. The summed E-state index contributed by atoms with van der Waals surface area (Å²) in [6.07, 6.45) is -23.0. The molecule has 15 atom stereocenters. The minimum absolute atomic E-state index is 0.0232. The van der Waals surface area contributed by atoms with E-state index in [9.17, 15) is 71.2 Å². The molecule has 66 heavy (non-hydrogen) atoms. The summed E-state index contributed by atoms with van der Waals surface area (Å²) < 4.78 is 51.3. The van der Waals surface area contributed by atoms with Crippen LogP contribution >= 0.6 is 0 Å². The molecular formula is C43H49O23+. The highest BCUT2D eigenvalue weighted by atomic mass is 16.7. The summed E-state index contributed by atoms with van der Waals surface area (Å²) in [7, 11) is 1.20. The quantitative estimate of drug-likeness (QED) is 0.0320. The van der Waals surface area contributed by atoms with Crippen LogP contribution in [-0.2, 0) is 28.5 Å². The number of ether oxygens (including phenoxy) is 8. The smallest absolute Gasteiger partial charge is 0.402 e. The lowest BCUT2D eigenvalue weighted by Gasteiger charge is -2.42. The van der Waals surface area contributed by atoms with Crippen molar-refractivity contribution in [3.05, 3.63) is 66.2 Å². The Kier molecular flexibility index (Phi) is 14.7. The van der Waals surface area contributed by atoms with E-state index in [-0.39, 0.29) is 45.3 Å². The van der Waals surface area contributed by atoms with E-state index in [1.165, 1.54) is 44.4 Å². The first kappa shape index (κ1) is 48.3. The second-order valence-electron chi connectivity index (χ2n) is 15.6. The van der Waals surface area contributed by atoms with E-state index in [2.05, 4.69) is 0 Å². The Morgan fingerprint density at radius 2 is 1.30 bits per heavy atom. The lowest BCUT2D eigenvalue weighted by Crippen LogP contribution is -2.62. The number of aromatic hydroxyl groups is 4. The molecule has 0 saturated carbocycles. The lowest BCUT2D eigenvalue weighted by molar-refractivity contribution is -0.319. The Morgan fingerprint density at radius 3 is 1.95 bits per heavy atom. The van der Waals surface area contributed by atoms with Gasteiger partial charge in [-0.1, -0.05) is 12.1 Å². The Labute approximate surface area is 373 Å². The van der Waals surface area contributed by atoms with Crippen LogP contribution in [-0.4, -0.2) is 185 Å². The Hall–Kier alpha value is -5.64. The molecule has 3 saturated heterocycles. The first-order chi connectivity index (χ1) is 31.4. The first-order valence-electron chi connectivity index (χ1n) is 20.3. The summed E-state index contributed by atoms with van der Waals surface area (Å²) in [5.41, 5.74) is 0.350. The van der Waals surface area contributed by atoms with Gasteiger partial charge < -0.3 is 104 Å². The average molecular weight is 934 g/mol. The maximum Gasteiger partial charge on any atom is 0.402 e. The standard InChI is InChI=1S/C43H48O23/c1-16-39(66-29(48)8-5-17-3-6-19(45)7-4-17)35(54)38(57)41(60-16)59-15-28-32(51)34(53)37(56)43(65-28)63-26-13-21-23(61-40(26)18-9-22(47)30(49)25(10-18)58-2)11-20(46)12-24(21)62-42-36(55)33(52)31(50)27(14-44)64-42/h3-13,16,27-28,31-39,41-44,50-57H,14-15H2,1-2H3,(H3-,45,46,47,48,49)/p+1/t16?,27?,28?,31-,32-,33+,34?,35-,36?,37?,38?,39+,41-,42-,43-/m1/s1. The molecule has 0 aliphatic carbocycles. The zero-order chi connectivity index (χ0) is 47.7. The van der Waals surface area contributed by atoms with E-state index in [4.69, 9.17) is 42.3 Å². The van der Waals surface area contributed by atoms with Gasteiger partial charge in [0.05, 0.1) is 38.1 Å². The van der Waals surface area contributed by atoms with Crippen LogP contribution in [0.2, 0.25) is 0 Å². The molecule has 23 nitrogen and oxygen atoms in total. The second-order valence-corrected chi connectivity index (χ2v) is 15.6. The molecule has 0 bridgehead atoms. The van der Waals surface area contributed by atoms with Crippen molar-refractivity contribution < 1.29 is 113 Å². The third kappa shape index (κ3) is 10.0. The van der Waals surface area contributed by atoms with Gasteiger partial charge in [0.1, 0.15) is 83.7 Å². The number of carbonyl (C=O) groups excluding carboxylic acids is 1. The third-order valence-corrected chi connectivity index (χ3v) is 11.1. The zero-order valence-electron chi connectivity index (χ0n) is 34.8. The van der Waals surface area contributed by atoms with Gasteiger partial charge in [-0.25, -0.2) is 9.21 Å². The third-order valence-electron chi connectivity index (χ3n) is 11.1. The molecule has 7 rings (SSSR count). The maximum atomic E-state index is 12.6. The van der Waals surface area contributed by atoms with E-state index >= 15 is 0 Å². The van der Waals surface area contributed by atoms with Gasteiger partial charge >= 0.3 is 17.3 Å². The van der Waals surface area contributed by atoms with Gasteiger partial charge in [0.25, 0.3) is 0 Å². The number of hydrogen-bond donors (Lipinski definition) is 13. The number of rotatable bonds is 13. The molecule has 4 aromatic rings. The topological polar surface area (TPSA) is 365 Å². The molecule has 3 aliphatic heterocycles. The molecule has 23 heteroatoms. The van der Waals surface area contributed by atoms with Crippen LogP contribution in [0.4, 0.5) is 0 Å². The number of esters is 1. The van der Waals surface area contributed by atoms with Gasteiger partial charge in [0.2, 0.25) is 24.1 Å². The van der Waals surface area contributed by atoms with Gasteiger partial charge in [-0.15, -0.1) is 0 Å². The Bertz CT molecular complexity index is 2360. The summed E-state index contributed by atoms with van der Waals surface area (Å²) in [6, 6.07) is 11.6. The number of aliphatic hydroxyl groups excluding tert-OH is 9. The number of methoxy groups -OCH3 is 1. The van der Waals surface area contributed by atoms with Crippen molar-refractivity contribution in [2.24, 2.45) is 0 Å². The minimum atomic E-state index is -2.01. The number of carbonyl (C=O) groups is 1. The summed E-state index contributed by atoms with van der Waals surface area (Å²) in [5, 5.41) is 137. The highest BCUT2D eigenvalue weighted by Crippen LogP contribution is 2.46. The van der Waals surface area contributed by atoms with Crippen LogP contribution in [0.5, 0.6) is 40.2 Å². The molecule has 1 aromatic heterocycles. The number of hydrogen-bond acceptors (Lipinski definition) is 22. The van der Waals surface area contributed by atoms with Crippen molar-refractivity contribution in [2.45, 2.75) is 99.0 Å². The van der Waals surface area contributed by atoms with Crippen molar-refractivity contribution in [3.63, 3.8) is 0 Å². The fourth-order valence-corrected chi connectivity index (χ4v) is 7.42. The fraction of sp³-hybridized carbons (Fsp3) is 0.442. The van der Waals surface area contributed by atoms with Gasteiger partial charge in [-0.05, 0) is 30.7 Å². The summed E-state index contributed by atoms with van der Waals surface area (Å²) >= 11 is 0. The second kappa shape index (κ2) is 20.1. The van der Waals surface area contributed by atoms with Crippen LogP contribution in [0, 0.1) is 0 Å². The zero-order valence-corrected chi connectivity index (χ0v) is 34.8. The van der Waals surface area contributed by atoms with Crippen molar-refractivity contribution in [1.82, 2.24) is 0 Å². The van der Waals surface area contributed by atoms with Gasteiger partial charge in [0, 0.05) is 30.3 Å². The van der Waals surface area contributed by atoms with Crippen LogP contribution in [0.3, 0.4) is 0 Å². The number of phenolic OH excluding ortho intramolecular Hbond substituents is 4. The van der Waals surface area contributed by atoms with Crippen LogP contribution < -0.4 is 14.2 Å². The predicted octanol–water partition coefficient (Wildman–Crippen LogP) is -1.31. The molecule has 3 aliphatic rings. The summed E-state index contributed by atoms with van der Waals surface area (Å²) in [6.45, 7) is -0.0302. The largest absolute Gasteiger partial charge is 0.508 e. The fourth-order valence-electron chi connectivity index (χ4n) is 7.42. The van der Waals surface area contributed by atoms with Crippen LogP contribution in [0.1, 0.15) is 12.5 Å². The molecule has 3 fully saturated rings. The van der Waals surface area contributed by atoms with Gasteiger partial charge in [-0.2, -0.15) is 0 Å². The van der Waals surface area contributed by atoms with E-state index in [1.54, 1.807) is 12.1 Å². The van der Waals surface area contributed by atoms with Crippen LogP contribution in [0.25, 0.3) is 28.4 Å². The van der Waals surface area contributed by atoms with Crippen molar-refractivity contribution in [1.29, 1.82) is 0 Å². The summed E-state index contributed by atoms with van der Waals surface area (Å²) in [5.74, 6) is -3.85. The molecule has 3 aromatic carbocycles. The molecule has 4 heterocycles. The van der Waals surface area contributed by atoms with Gasteiger partial charge in [0.15, 0.2) is 23.9 Å². The monoisotopic (exact) mass is 933 g/mol. The Balaban J connectivity index is 1.13. The van der Waals surface area contributed by atoms with Gasteiger partial charge in [-0.3, -0.25) is 0 Å². The van der Waals surface area contributed by atoms with Crippen molar-refractivity contribution in [3.8, 4) is 51.6 Å². The first-order valence-corrected chi connectivity index (χ1v) is 20.3. The summed E-state index contributed by atoms with van der Waals surface area (Å²) in [4.78, 5) is 12.6. The number of aliphatic hydroxyl groups is 9. The van der Waals surface area contributed by atoms with E-state index in [0.717, 1.165) is 24.3 Å². The highest BCUT2D eigenvalue weighted by Gasteiger charge is 2.50. The minimum Gasteiger partial charge on any atom is -0.508 e. The SMILES string of the molecule is COc1cc(-c2[o+]c3cc(O)cc(O[C@@H]4OC(CO)[C@@H](O)[C@H](O)C4O)c3cc2O[C@@H]2OC(CO[C@@H]3OC(C)[C@H](OC(=O)/C=C/c4ccc(O)cc4)[C@H](O)C3O)[C@@H](O)C(O)C2O)cc(O)c1O. The molecule has 0 spiro atoms. The van der Waals surface area contributed by atoms with E-state index in [1.807, 2.05) is 0 Å². The molecule has 358 valence electrons. The predicted molar refractivity (Wildman–Crippen MR) is 219 cm³/mol.